The molecule has 2 rings (SSSR count). The minimum atomic E-state index is -0.665. The highest BCUT2D eigenvalue weighted by Gasteiger charge is 2.18. The van der Waals surface area contributed by atoms with Crippen LogP contribution in [0.3, 0.4) is 0 Å². The van der Waals surface area contributed by atoms with Crippen LogP contribution >= 0.6 is 0 Å². The number of methoxy groups -OCH3 is 1. The van der Waals surface area contributed by atoms with E-state index in [1.165, 1.54) is 43.5 Å². The lowest BCUT2D eigenvalue weighted by molar-refractivity contribution is -0.385. The van der Waals surface area contributed by atoms with E-state index in [0.717, 1.165) is 0 Å². The fourth-order valence-corrected chi connectivity index (χ4v) is 1.97. The number of nitro benzene ring substituents is 1. The molecule has 7 nitrogen and oxygen atoms in total. The van der Waals surface area contributed by atoms with Gasteiger partial charge < -0.3 is 9.47 Å². The molecule has 0 heterocycles. The van der Waals surface area contributed by atoms with Crippen LogP contribution in [0.25, 0.3) is 0 Å². The van der Waals surface area contributed by atoms with Crippen LogP contribution in [-0.4, -0.2) is 18.0 Å². The fraction of sp³-hybridized carbons (Fsp3) is 0.125. The van der Waals surface area contributed by atoms with Gasteiger partial charge in [-0.25, -0.2) is 0 Å². The molecule has 7 heteroatoms. The summed E-state index contributed by atoms with van der Waals surface area (Å²) in [7, 11) is 1.38. The molecule has 0 aliphatic heterocycles. The second kappa shape index (κ2) is 7.04. The number of carbonyl (C=O) groups is 1. The van der Waals surface area contributed by atoms with E-state index >= 15 is 0 Å². The highest BCUT2D eigenvalue weighted by molar-refractivity contribution is 5.77. The Morgan fingerprint density at radius 1 is 1.26 bits per heavy atom. The number of ether oxygens (including phenoxy) is 2. The highest BCUT2D eigenvalue weighted by Crippen LogP contribution is 2.28. The van der Waals surface area contributed by atoms with Crippen molar-refractivity contribution in [3.8, 4) is 17.6 Å². The van der Waals surface area contributed by atoms with E-state index in [1.807, 2.05) is 6.07 Å². The van der Waals surface area contributed by atoms with E-state index in [-0.39, 0.29) is 29.2 Å². The van der Waals surface area contributed by atoms with Gasteiger partial charge in [0.25, 0.3) is 5.69 Å². The van der Waals surface area contributed by atoms with Gasteiger partial charge in [-0.15, -0.1) is 0 Å². The van der Waals surface area contributed by atoms with Crippen LogP contribution in [0.1, 0.15) is 11.1 Å². The van der Waals surface area contributed by atoms with Crippen molar-refractivity contribution >= 4 is 11.7 Å². The summed E-state index contributed by atoms with van der Waals surface area (Å²) < 4.78 is 10.2. The third-order valence-corrected chi connectivity index (χ3v) is 3.04. The van der Waals surface area contributed by atoms with Gasteiger partial charge in [0.15, 0.2) is 11.5 Å². The number of para-hydroxylation sites is 1. The van der Waals surface area contributed by atoms with Crippen molar-refractivity contribution in [1.82, 2.24) is 0 Å². The number of benzene rings is 2. The topological polar surface area (TPSA) is 102 Å². The number of hydrogen-bond acceptors (Lipinski definition) is 6. The van der Waals surface area contributed by atoms with Crippen molar-refractivity contribution in [2.75, 3.05) is 7.11 Å². The number of nitrogens with zero attached hydrogens (tertiary/aromatic N) is 2. The second-order valence-corrected chi connectivity index (χ2v) is 4.51. The Kier molecular flexibility index (Phi) is 4.89. The van der Waals surface area contributed by atoms with Crippen molar-refractivity contribution < 1.29 is 19.2 Å². The van der Waals surface area contributed by atoms with Gasteiger partial charge in [0.05, 0.1) is 30.1 Å². The first-order valence-corrected chi connectivity index (χ1v) is 6.56. The predicted molar refractivity (Wildman–Crippen MR) is 80.1 cm³/mol. The number of rotatable bonds is 5. The molecule has 0 aromatic heterocycles. The molecule has 0 aliphatic carbocycles. The molecule has 0 bridgehead atoms. The van der Waals surface area contributed by atoms with Crippen LogP contribution in [0.4, 0.5) is 5.69 Å². The zero-order chi connectivity index (χ0) is 16.8. The average Bonchev–Trinajstić information content (AvgIpc) is 2.55. The SMILES string of the molecule is COc1cc(C#N)ccc1OC(=O)Cc1ccccc1[N+](=O)[O-]. The van der Waals surface area contributed by atoms with Crippen LogP contribution < -0.4 is 9.47 Å². The Morgan fingerprint density at radius 3 is 2.65 bits per heavy atom. The third-order valence-electron chi connectivity index (χ3n) is 3.04. The molecule has 0 amide bonds. The van der Waals surface area contributed by atoms with Gasteiger partial charge in [0, 0.05) is 17.7 Å². The van der Waals surface area contributed by atoms with E-state index in [2.05, 4.69) is 0 Å². The molecule has 0 N–H and O–H groups in total. The van der Waals surface area contributed by atoms with Crippen molar-refractivity contribution in [2.24, 2.45) is 0 Å². The van der Waals surface area contributed by atoms with E-state index < -0.39 is 10.9 Å². The van der Waals surface area contributed by atoms with Crippen LogP contribution in [-0.2, 0) is 11.2 Å². The maximum absolute atomic E-state index is 12.0. The minimum Gasteiger partial charge on any atom is -0.493 e. The molecule has 0 fully saturated rings. The highest BCUT2D eigenvalue weighted by atomic mass is 16.6. The van der Waals surface area contributed by atoms with E-state index in [0.29, 0.717) is 5.56 Å². The molecule has 0 saturated carbocycles. The maximum atomic E-state index is 12.0. The Labute approximate surface area is 131 Å². The fourth-order valence-electron chi connectivity index (χ4n) is 1.97. The van der Waals surface area contributed by atoms with Crippen LogP contribution in [0.15, 0.2) is 42.5 Å². The van der Waals surface area contributed by atoms with Crippen molar-refractivity contribution in [3.05, 3.63) is 63.7 Å². The van der Waals surface area contributed by atoms with Gasteiger partial charge in [-0.1, -0.05) is 18.2 Å². The Balaban J connectivity index is 2.18. The van der Waals surface area contributed by atoms with Crippen molar-refractivity contribution in [1.29, 1.82) is 5.26 Å². The molecule has 0 atom stereocenters. The molecule has 0 spiro atoms. The summed E-state index contributed by atoms with van der Waals surface area (Å²) >= 11 is 0. The smallest absolute Gasteiger partial charge is 0.316 e. The first-order valence-electron chi connectivity index (χ1n) is 6.56. The van der Waals surface area contributed by atoms with Gasteiger partial charge in [-0.2, -0.15) is 5.26 Å². The van der Waals surface area contributed by atoms with Gasteiger partial charge in [0.1, 0.15) is 0 Å². The zero-order valence-corrected chi connectivity index (χ0v) is 12.2. The summed E-state index contributed by atoms with van der Waals surface area (Å²) in [6.07, 6.45) is -0.250. The average molecular weight is 312 g/mol. The van der Waals surface area contributed by atoms with Crippen LogP contribution in [0.2, 0.25) is 0 Å². The Bertz CT molecular complexity index is 795. The largest absolute Gasteiger partial charge is 0.493 e. The molecular weight excluding hydrogens is 300 g/mol. The first-order chi connectivity index (χ1) is 11.0. The summed E-state index contributed by atoms with van der Waals surface area (Å²) in [4.78, 5) is 22.4. The molecule has 23 heavy (non-hydrogen) atoms. The molecule has 0 unspecified atom stereocenters. The summed E-state index contributed by atoms with van der Waals surface area (Å²) in [5.74, 6) is -0.280. The molecule has 2 aromatic carbocycles. The molecule has 0 saturated heterocycles. The van der Waals surface area contributed by atoms with Crippen molar-refractivity contribution in [2.45, 2.75) is 6.42 Å². The monoisotopic (exact) mass is 312 g/mol. The minimum absolute atomic E-state index is 0.142. The lowest BCUT2D eigenvalue weighted by atomic mass is 10.1. The predicted octanol–water partition coefficient (Wildman–Crippen LogP) is 2.62. The lowest BCUT2D eigenvalue weighted by Gasteiger charge is -2.09. The van der Waals surface area contributed by atoms with Gasteiger partial charge >= 0.3 is 5.97 Å². The Hall–Kier alpha value is -3.40. The van der Waals surface area contributed by atoms with Gasteiger partial charge in [0.2, 0.25) is 0 Å². The quantitative estimate of drug-likeness (QED) is 0.364. The summed E-state index contributed by atoms with van der Waals surface area (Å²) in [6.45, 7) is 0. The summed E-state index contributed by atoms with van der Waals surface area (Å²) in [5.41, 5.74) is 0.478. The normalized spacial score (nSPS) is 9.74. The first kappa shape index (κ1) is 16.0. The standard InChI is InChI=1S/C16H12N2O5/c1-22-15-8-11(10-17)6-7-14(15)23-16(19)9-12-4-2-3-5-13(12)18(20)21/h2-8H,9H2,1H3. The van der Waals surface area contributed by atoms with E-state index in [4.69, 9.17) is 14.7 Å². The van der Waals surface area contributed by atoms with Gasteiger partial charge in [-0.05, 0) is 12.1 Å². The van der Waals surface area contributed by atoms with E-state index in [9.17, 15) is 14.9 Å². The molecule has 0 aliphatic rings. The number of hydrogen-bond donors (Lipinski definition) is 0. The van der Waals surface area contributed by atoms with Gasteiger partial charge in [-0.3, -0.25) is 14.9 Å². The molecule has 0 radical (unpaired) electrons. The maximum Gasteiger partial charge on any atom is 0.316 e. The second-order valence-electron chi connectivity index (χ2n) is 4.51. The third kappa shape index (κ3) is 3.83. The van der Waals surface area contributed by atoms with Crippen LogP contribution in [0.5, 0.6) is 11.5 Å². The molecule has 2 aromatic rings. The zero-order valence-electron chi connectivity index (χ0n) is 12.2. The lowest BCUT2D eigenvalue weighted by Crippen LogP contribution is -2.13. The molecular formula is C16H12N2O5. The number of nitro groups is 1. The summed E-state index contributed by atoms with van der Waals surface area (Å²) in [6, 6.07) is 12.3. The Morgan fingerprint density at radius 2 is 2.00 bits per heavy atom. The number of nitriles is 1. The number of carbonyl (C=O) groups excluding carboxylic acids is 1. The van der Waals surface area contributed by atoms with E-state index in [1.54, 1.807) is 6.07 Å². The van der Waals surface area contributed by atoms with Crippen molar-refractivity contribution in [3.63, 3.8) is 0 Å². The van der Waals surface area contributed by atoms with Crippen LogP contribution in [0, 0.1) is 21.4 Å². The summed E-state index contributed by atoms with van der Waals surface area (Å²) in [5, 5.41) is 19.8. The molecule has 116 valence electrons. The number of esters is 1.